The molecule has 2 aliphatic heterocycles. The van der Waals surface area contributed by atoms with E-state index in [4.69, 9.17) is 9.47 Å². The highest BCUT2D eigenvalue weighted by Crippen LogP contribution is 2.40. The third kappa shape index (κ3) is 2.85. The zero-order valence-corrected chi connectivity index (χ0v) is 19.4. The van der Waals surface area contributed by atoms with Gasteiger partial charge in [-0.3, -0.25) is 0 Å². The monoisotopic (exact) mass is 467 g/mol. The molecule has 0 radical (unpaired) electrons. The molecular formula is C30H18BNO2S. The van der Waals surface area contributed by atoms with E-state index >= 15 is 0 Å². The predicted molar refractivity (Wildman–Crippen MR) is 147 cm³/mol. The second kappa shape index (κ2) is 7.14. The molecule has 0 aliphatic carbocycles. The Hall–Kier alpha value is -4.22. The van der Waals surface area contributed by atoms with Crippen LogP contribution in [0.15, 0.2) is 103 Å². The summed E-state index contributed by atoms with van der Waals surface area (Å²) in [5.41, 5.74) is 5.51. The van der Waals surface area contributed by atoms with Gasteiger partial charge in [0.2, 0.25) is 0 Å². The molecule has 1 N–H and O–H groups in total. The summed E-state index contributed by atoms with van der Waals surface area (Å²) < 4.78 is 15.5. The molecule has 0 unspecified atom stereocenters. The lowest BCUT2D eigenvalue weighted by molar-refractivity contribution is 0.465. The van der Waals surface area contributed by atoms with Crippen LogP contribution in [0, 0.1) is 0 Å². The van der Waals surface area contributed by atoms with Gasteiger partial charge < -0.3 is 14.8 Å². The second-order valence-corrected chi connectivity index (χ2v) is 10.1. The van der Waals surface area contributed by atoms with Gasteiger partial charge in [-0.25, -0.2) is 0 Å². The quantitative estimate of drug-likeness (QED) is 0.294. The smallest absolute Gasteiger partial charge is 0.260 e. The van der Waals surface area contributed by atoms with E-state index in [-0.39, 0.29) is 6.71 Å². The molecule has 5 heteroatoms. The molecule has 0 saturated heterocycles. The number of benzene rings is 5. The van der Waals surface area contributed by atoms with Crippen molar-refractivity contribution in [2.24, 2.45) is 0 Å². The molecule has 0 amide bonds. The summed E-state index contributed by atoms with van der Waals surface area (Å²) in [6.45, 7) is 0.0579. The van der Waals surface area contributed by atoms with Gasteiger partial charge in [0.25, 0.3) is 6.71 Å². The minimum absolute atomic E-state index is 0.0579. The van der Waals surface area contributed by atoms with Crippen molar-refractivity contribution in [1.29, 1.82) is 0 Å². The van der Waals surface area contributed by atoms with Crippen molar-refractivity contribution in [2.45, 2.75) is 0 Å². The van der Waals surface area contributed by atoms with Crippen LogP contribution < -0.4 is 31.2 Å². The maximum Gasteiger partial charge on any atom is 0.260 e. The second-order valence-electron chi connectivity index (χ2n) is 9.03. The fourth-order valence-corrected chi connectivity index (χ4v) is 6.53. The van der Waals surface area contributed by atoms with Crippen molar-refractivity contribution >= 4 is 66.0 Å². The Bertz CT molecular complexity index is 1790. The average Bonchev–Trinajstić information content (AvgIpc) is 3.25. The number of anilines is 2. The summed E-state index contributed by atoms with van der Waals surface area (Å²) in [6.07, 6.45) is 0. The van der Waals surface area contributed by atoms with Crippen LogP contribution in [-0.4, -0.2) is 6.71 Å². The lowest BCUT2D eigenvalue weighted by Gasteiger charge is -2.33. The summed E-state index contributed by atoms with van der Waals surface area (Å²) >= 11 is 1.82. The summed E-state index contributed by atoms with van der Waals surface area (Å²) in [7, 11) is 0. The first-order valence-corrected chi connectivity index (χ1v) is 12.5. The zero-order valence-electron chi connectivity index (χ0n) is 18.6. The van der Waals surface area contributed by atoms with Crippen LogP contribution in [-0.2, 0) is 0 Å². The first-order valence-electron chi connectivity index (χ1n) is 11.7. The van der Waals surface area contributed by atoms with Crippen LogP contribution in [0.4, 0.5) is 11.4 Å². The summed E-state index contributed by atoms with van der Waals surface area (Å²) in [5, 5.41) is 6.07. The Labute approximate surface area is 206 Å². The Morgan fingerprint density at radius 3 is 2.17 bits per heavy atom. The molecule has 0 fully saturated rings. The lowest BCUT2D eigenvalue weighted by atomic mass is 9.35. The highest BCUT2D eigenvalue weighted by molar-refractivity contribution is 7.25. The lowest BCUT2D eigenvalue weighted by Crippen LogP contribution is -2.57. The van der Waals surface area contributed by atoms with Crippen LogP contribution in [0.2, 0.25) is 0 Å². The van der Waals surface area contributed by atoms with Crippen molar-refractivity contribution < 1.29 is 9.47 Å². The van der Waals surface area contributed by atoms with Crippen LogP contribution in [0.25, 0.3) is 20.2 Å². The van der Waals surface area contributed by atoms with Crippen LogP contribution >= 0.6 is 11.3 Å². The van der Waals surface area contributed by atoms with Crippen molar-refractivity contribution in [3.05, 3.63) is 103 Å². The maximum absolute atomic E-state index is 6.46. The minimum atomic E-state index is 0.0579. The molecule has 5 aromatic carbocycles. The van der Waals surface area contributed by atoms with E-state index in [2.05, 4.69) is 72.0 Å². The Morgan fingerprint density at radius 2 is 1.31 bits per heavy atom. The van der Waals surface area contributed by atoms with Gasteiger partial charge in [-0.1, -0.05) is 54.6 Å². The predicted octanol–water partition coefficient (Wildman–Crippen LogP) is 6.53. The number of thiophene rings is 1. The number of fused-ring (bicyclic) bond motifs is 7. The molecule has 0 bridgehead atoms. The average molecular weight is 467 g/mol. The SMILES string of the molecule is c1ccc(Nc2ccc3c(c2)Oc2cccc4c2B3c2cc3c(cc2O4)sc2ccccc23)cc1. The van der Waals surface area contributed by atoms with E-state index in [1.807, 2.05) is 47.7 Å². The fraction of sp³-hybridized carbons (Fsp3) is 0. The van der Waals surface area contributed by atoms with Crippen molar-refractivity contribution in [2.75, 3.05) is 5.32 Å². The molecule has 35 heavy (non-hydrogen) atoms. The maximum atomic E-state index is 6.46. The number of nitrogens with one attached hydrogen (secondary N) is 1. The van der Waals surface area contributed by atoms with Gasteiger partial charge in [0, 0.05) is 43.1 Å². The third-order valence-corrected chi connectivity index (χ3v) is 8.10. The van der Waals surface area contributed by atoms with Gasteiger partial charge in [0.05, 0.1) is 0 Å². The van der Waals surface area contributed by atoms with Gasteiger partial charge >= 0.3 is 0 Å². The highest BCUT2D eigenvalue weighted by atomic mass is 32.1. The van der Waals surface area contributed by atoms with Crippen LogP contribution in [0.5, 0.6) is 23.0 Å². The van der Waals surface area contributed by atoms with Crippen molar-refractivity contribution in [3.8, 4) is 23.0 Å². The molecule has 1 aromatic heterocycles. The summed E-state index contributed by atoms with van der Waals surface area (Å²) in [4.78, 5) is 0. The van der Waals surface area contributed by atoms with Gasteiger partial charge in [-0.05, 0) is 53.4 Å². The van der Waals surface area contributed by atoms with Crippen LogP contribution in [0.1, 0.15) is 0 Å². The fourth-order valence-electron chi connectivity index (χ4n) is 5.41. The van der Waals surface area contributed by atoms with Gasteiger partial charge in [-0.15, -0.1) is 11.3 Å². The molecule has 3 heterocycles. The van der Waals surface area contributed by atoms with Gasteiger partial charge in [0.15, 0.2) is 0 Å². The van der Waals surface area contributed by atoms with Gasteiger partial charge in [-0.2, -0.15) is 0 Å². The van der Waals surface area contributed by atoms with Crippen molar-refractivity contribution in [3.63, 3.8) is 0 Å². The topological polar surface area (TPSA) is 30.5 Å². The summed E-state index contributed by atoms with van der Waals surface area (Å²) in [5.74, 6) is 3.54. The van der Waals surface area contributed by atoms with E-state index in [9.17, 15) is 0 Å². The number of ether oxygens (including phenoxy) is 2. The Balaban J connectivity index is 1.33. The number of rotatable bonds is 2. The van der Waals surface area contributed by atoms with E-state index < -0.39 is 0 Å². The van der Waals surface area contributed by atoms with E-state index in [1.54, 1.807) is 0 Å². The third-order valence-electron chi connectivity index (χ3n) is 6.96. The molecule has 3 nitrogen and oxygen atoms in total. The molecule has 164 valence electrons. The minimum Gasteiger partial charge on any atom is -0.458 e. The summed E-state index contributed by atoms with van der Waals surface area (Å²) in [6, 6.07) is 35.9. The largest absolute Gasteiger partial charge is 0.458 e. The van der Waals surface area contributed by atoms with E-state index in [0.717, 1.165) is 45.3 Å². The molecule has 8 rings (SSSR count). The highest BCUT2D eigenvalue weighted by Gasteiger charge is 2.40. The van der Waals surface area contributed by atoms with E-state index in [1.165, 1.54) is 25.6 Å². The first kappa shape index (κ1) is 19.1. The molecule has 6 aromatic rings. The molecule has 0 spiro atoms. The van der Waals surface area contributed by atoms with Gasteiger partial charge in [0.1, 0.15) is 23.0 Å². The zero-order chi connectivity index (χ0) is 22.9. The van der Waals surface area contributed by atoms with Crippen LogP contribution in [0.3, 0.4) is 0 Å². The molecule has 0 saturated carbocycles. The Morgan fingerprint density at radius 1 is 0.543 bits per heavy atom. The Kier molecular flexibility index (Phi) is 3.90. The molecular weight excluding hydrogens is 449 g/mol. The van der Waals surface area contributed by atoms with Crippen molar-refractivity contribution in [1.82, 2.24) is 0 Å². The number of hydrogen-bond acceptors (Lipinski definition) is 4. The molecule has 0 atom stereocenters. The standard InChI is InChI=1S/C30H18BNO2S/c1-2-7-18(8-3-1)32-19-13-14-22-26(15-19)33-24-10-6-11-25-30(24)31(22)23-16-21-20-9-4-5-12-28(20)35-29(21)17-27(23)34-25/h1-17,32H. The number of hydrogen-bond donors (Lipinski definition) is 1. The number of para-hydroxylation sites is 1. The first-order chi connectivity index (χ1) is 17.3. The normalized spacial score (nSPS) is 13.0. The van der Waals surface area contributed by atoms with E-state index in [0.29, 0.717) is 0 Å². The molecule has 2 aliphatic rings.